The highest BCUT2D eigenvalue weighted by Gasteiger charge is 2.37. The van der Waals surface area contributed by atoms with E-state index in [0.717, 1.165) is 5.69 Å². The molecular weight excluding hydrogens is 635 g/mol. The number of hydrogen-bond acceptors (Lipinski definition) is 2. The predicted molar refractivity (Wildman–Crippen MR) is 219 cm³/mol. The van der Waals surface area contributed by atoms with Crippen LogP contribution in [0.25, 0.3) is 53.6 Å². The van der Waals surface area contributed by atoms with E-state index in [0.29, 0.717) is 0 Å². The standard InChI is InChI=1S/C49H39NS/c1-49(2)43-20-10-8-17-38(43)42-30-41(34-26-23-33(24-27-34)36-28-25-32-13-6-7-14-35(32)29-36)46(31-44(42)49)50(37-15-4-3-5-16-37)45-21-12-19-40-39-18-9-11-22-47(39)51-48(40)45/h3-5,8-12,15-31H,6-7,13-14H2,1-2H3. The highest BCUT2D eigenvalue weighted by Crippen LogP contribution is 2.54. The molecule has 0 spiro atoms. The second kappa shape index (κ2) is 11.8. The van der Waals surface area contributed by atoms with E-state index in [-0.39, 0.29) is 5.41 Å². The Balaban J connectivity index is 1.21. The summed E-state index contributed by atoms with van der Waals surface area (Å²) in [6, 6.07) is 57.0. The lowest BCUT2D eigenvalue weighted by Crippen LogP contribution is -2.17. The topological polar surface area (TPSA) is 3.24 Å². The van der Waals surface area contributed by atoms with Crippen molar-refractivity contribution in [1.82, 2.24) is 0 Å². The molecule has 0 amide bonds. The third-order valence-electron chi connectivity index (χ3n) is 11.5. The van der Waals surface area contributed by atoms with Gasteiger partial charge in [-0.25, -0.2) is 0 Å². The van der Waals surface area contributed by atoms with Gasteiger partial charge in [0.2, 0.25) is 0 Å². The molecule has 0 bridgehead atoms. The van der Waals surface area contributed by atoms with E-state index < -0.39 is 0 Å². The highest BCUT2D eigenvalue weighted by molar-refractivity contribution is 7.26. The van der Waals surface area contributed by atoms with Crippen LogP contribution in [0.4, 0.5) is 17.1 Å². The van der Waals surface area contributed by atoms with E-state index in [1.807, 2.05) is 11.3 Å². The molecule has 2 heteroatoms. The van der Waals surface area contributed by atoms with E-state index >= 15 is 0 Å². The Labute approximate surface area is 304 Å². The van der Waals surface area contributed by atoms with Crippen LogP contribution >= 0.6 is 11.3 Å². The van der Waals surface area contributed by atoms with Crippen molar-refractivity contribution in [3.63, 3.8) is 0 Å². The smallest absolute Gasteiger partial charge is 0.0640 e. The molecule has 8 aromatic rings. The van der Waals surface area contributed by atoms with Crippen molar-refractivity contribution in [2.24, 2.45) is 0 Å². The van der Waals surface area contributed by atoms with Crippen LogP contribution in [0.2, 0.25) is 0 Å². The van der Waals surface area contributed by atoms with E-state index in [1.54, 1.807) is 0 Å². The van der Waals surface area contributed by atoms with Crippen LogP contribution in [0.15, 0.2) is 152 Å². The molecule has 0 N–H and O–H groups in total. The number of hydrogen-bond donors (Lipinski definition) is 0. The molecule has 0 fully saturated rings. The molecule has 0 aliphatic heterocycles. The van der Waals surface area contributed by atoms with Crippen LogP contribution in [0.1, 0.15) is 48.9 Å². The first kappa shape index (κ1) is 30.4. The van der Waals surface area contributed by atoms with Crippen LogP contribution in [0.5, 0.6) is 0 Å². The first-order chi connectivity index (χ1) is 25.0. The zero-order valence-electron chi connectivity index (χ0n) is 29.1. The summed E-state index contributed by atoms with van der Waals surface area (Å²) in [6.07, 6.45) is 5.01. The Morgan fingerprint density at radius 2 is 1.20 bits per heavy atom. The molecule has 1 aromatic heterocycles. The van der Waals surface area contributed by atoms with Crippen molar-refractivity contribution >= 4 is 48.6 Å². The molecule has 0 unspecified atom stereocenters. The number of rotatable bonds is 5. The monoisotopic (exact) mass is 673 g/mol. The lowest BCUT2D eigenvalue weighted by molar-refractivity contribution is 0.660. The van der Waals surface area contributed by atoms with Gasteiger partial charge in [-0.05, 0) is 112 Å². The summed E-state index contributed by atoms with van der Waals surface area (Å²) in [4.78, 5) is 2.52. The second-order valence-electron chi connectivity index (χ2n) is 14.8. The fourth-order valence-corrected chi connectivity index (χ4v) is 10.0. The van der Waals surface area contributed by atoms with Crippen molar-refractivity contribution in [1.29, 1.82) is 0 Å². The van der Waals surface area contributed by atoms with Gasteiger partial charge in [-0.2, -0.15) is 0 Å². The molecule has 0 radical (unpaired) electrons. The van der Waals surface area contributed by atoms with Crippen LogP contribution in [0, 0.1) is 0 Å². The van der Waals surface area contributed by atoms with Crippen LogP contribution in [-0.2, 0) is 18.3 Å². The largest absolute Gasteiger partial charge is 0.308 e. The fraction of sp³-hybridized carbons (Fsp3) is 0.143. The van der Waals surface area contributed by atoms with Crippen LogP contribution < -0.4 is 4.90 Å². The quantitative estimate of drug-likeness (QED) is 0.176. The maximum atomic E-state index is 2.52. The summed E-state index contributed by atoms with van der Waals surface area (Å²) >= 11 is 1.89. The van der Waals surface area contributed by atoms with E-state index in [2.05, 4.69) is 170 Å². The summed E-state index contributed by atoms with van der Waals surface area (Å²) in [5, 5.41) is 2.62. The third-order valence-corrected chi connectivity index (χ3v) is 12.7. The van der Waals surface area contributed by atoms with Crippen molar-refractivity contribution in [3.05, 3.63) is 174 Å². The molecule has 7 aromatic carbocycles. The summed E-state index contributed by atoms with van der Waals surface area (Å²) in [5.41, 5.74) is 17.0. The van der Waals surface area contributed by atoms with Gasteiger partial charge in [0.05, 0.1) is 16.1 Å². The molecule has 0 saturated carbocycles. The van der Waals surface area contributed by atoms with Gasteiger partial charge >= 0.3 is 0 Å². The van der Waals surface area contributed by atoms with Crippen molar-refractivity contribution in [2.75, 3.05) is 4.90 Å². The normalized spacial score (nSPS) is 14.3. The molecule has 246 valence electrons. The molecule has 51 heavy (non-hydrogen) atoms. The van der Waals surface area contributed by atoms with Gasteiger partial charge in [0.1, 0.15) is 0 Å². The number of fused-ring (bicyclic) bond motifs is 7. The predicted octanol–water partition coefficient (Wildman–Crippen LogP) is 14.0. The van der Waals surface area contributed by atoms with Gasteiger partial charge in [-0.1, -0.05) is 129 Å². The Hall–Kier alpha value is -5.44. The van der Waals surface area contributed by atoms with Crippen molar-refractivity contribution < 1.29 is 0 Å². The Morgan fingerprint density at radius 3 is 2.06 bits per heavy atom. The van der Waals surface area contributed by atoms with Gasteiger partial charge in [-0.3, -0.25) is 0 Å². The minimum Gasteiger partial charge on any atom is -0.308 e. The van der Waals surface area contributed by atoms with E-state index in [4.69, 9.17) is 0 Å². The average molecular weight is 674 g/mol. The lowest BCUT2D eigenvalue weighted by atomic mass is 9.81. The van der Waals surface area contributed by atoms with E-state index in [1.165, 1.54) is 113 Å². The number of aryl methyl sites for hydroxylation is 2. The molecule has 2 aliphatic rings. The Bertz CT molecular complexity index is 2610. The number of para-hydroxylation sites is 1. The first-order valence-electron chi connectivity index (χ1n) is 18.3. The summed E-state index contributed by atoms with van der Waals surface area (Å²) in [6.45, 7) is 4.77. The van der Waals surface area contributed by atoms with Gasteiger partial charge in [0.15, 0.2) is 0 Å². The number of anilines is 3. The number of benzene rings is 7. The molecule has 1 heterocycles. The van der Waals surface area contributed by atoms with E-state index in [9.17, 15) is 0 Å². The highest BCUT2D eigenvalue weighted by atomic mass is 32.1. The third kappa shape index (κ3) is 4.88. The SMILES string of the molecule is CC1(C)c2ccccc2-c2cc(-c3ccc(-c4ccc5c(c4)CCCC5)cc3)c(N(c3ccccc3)c3cccc4c3sc3ccccc34)cc21. The first-order valence-corrected chi connectivity index (χ1v) is 19.1. The molecule has 0 atom stereocenters. The minimum absolute atomic E-state index is 0.124. The Morgan fingerprint density at radius 1 is 0.490 bits per heavy atom. The zero-order valence-corrected chi connectivity index (χ0v) is 29.9. The Kier molecular flexibility index (Phi) is 7.05. The van der Waals surface area contributed by atoms with Gasteiger partial charge in [0.25, 0.3) is 0 Å². The molecule has 0 saturated heterocycles. The number of thiophene rings is 1. The van der Waals surface area contributed by atoms with Gasteiger partial charge < -0.3 is 4.90 Å². The molecular formula is C49H39NS. The maximum absolute atomic E-state index is 2.52. The average Bonchev–Trinajstić information content (AvgIpc) is 3.67. The van der Waals surface area contributed by atoms with Gasteiger partial charge in [0, 0.05) is 32.1 Å². The second-order valence-corrected chi connectivity index (χ2v) is 15.8. The van der Waals surface area contributed by atoms with Gasteiger partial charge in [-0.15, -0.1) is 11.3 Å². The molecule has 2 aliphatic carbocycles. The number of nitrogens with zero attached hydrogens (tertiary/aromatic N) is 1. The summed E-state index contributed by atoms with van der Waals surface area (Å²) in [5.74, 6) is 0. The fourth-order valence-electron chi connectivity index (χ4n) is 8.80. The van der Waals surface area contributed by atoms with Crippen LogP contribution in [-0.4, -0.2) is 0 Å². The van der Waals surface area contributed by atoms with Crippen molar-refractivity contribution in [3.8, 4) is 33.4 Å². The van der Waals surface area contributed by atoms with Crippen LogP contribution in [0.3, 0.4) is 0 Å². The summed E-state index contributed by atoms with van der Waals surface area (Å²) < 4.78 is 2.62. The summed E-state index contributed by atoms with van der Waals surface area (Å²) in [7, 11) is 0. The minimum atomic E-state index is -0.124. The zero-order chi connectivity index (χ0) is 34.1. The molecule has 10 rings (SSSR count). The van der Waals surface area contributed by atoms with Crippen molar-refractivity contribution in [2.45, 2.75) is 44.9 Å². The molecule has 1 nitrogen and oxygen atoms in total. The maximum Gasteiger partial charge on any atom is 0.0640 e. The lowest BCUT2D eigenvalue weighted by Gasteiger charge is -2.31.